The van der Waals surface area contributed by atoms with Gasteiger partial charge in [-0.05, 0) is 48.2 Å². The van der Waals surface area contributed by atoms with Gasteiger partial charge in [0.05, 0.1) is 5.56 Å². The lowest BCUT2D eigenvalue weighted by Gasteiger charge is -2.10. The molecule has 86 valence electrons. The molecule has 0 heterocycles. The van der Waals surface area contributed by atoms with Crippen LogP contribution in [0.15, 0.2) is 42.5 Å². The first-order valence-electron chi connectivity index (χ1n) is 5.49. The minimum absolute atomic E-state index is 0.340. The van der Waals surface area contributed by atoms with Gasteiger partial charge in [-0.2, -0.15) is 0 Å². The Balaban J connectivity index is 2.65. The first kappa shape index (κ1) is 11.4. The third kappa shape index (κ3) is 2.21. The van der Waals surface area contributed by atoms with Crippen LogP contribution in [0.2, 0.25) is 0 Å². The molecule has 1 N–H and O–H groups in total. The molecule has 0 unspecified atom stereocenters. The van der Waals surface area contributed by atoms with Gasteiger partial charge in [-0.15, -0.1) is 0 Å². The third-order valence-electron chi connectivity index (χ3n) is 3.00. The molecule has 0 aliphatic heterocycles. The van der Waals surface area contributed by atoms with Crippen molar-refractivity contribution in [3.05, 3.63) is 59.2 Å². The van der Waals surface area contributed by atoms with Crippen LogP contribution in [0.1, 0.15) is 21.5 Å². The van der Waals surface area contributed by atoms with Gasteiger partial charge in [0.25, 0.3) is 0 Å². The van der Waals surface area contributed by atoms with Crippen LogP contribution in [-0.2, 0) is 0 Å². The Hall–Kier alpha value is -2.09. The smallest absolute Gasteiger partial charge is 0.335 e. The van der Waals surface area contributed by atoms with E-state index in [9.17, 15) is 4.79 Å². The highest BCUT2D eigenvalue weighted by molar-refractivity contribution is 5.90. The standard InChI is InChI=1S/C15H14O2/c1-10-8-13(15(16)17)9-14(11(10)2)12-6-4-3-5-7-12/h3-9H,1-2H3,(H,16,17). The molecule has 0 amide bonds. The van der Waals surface area contributed by atoms with Crippen LogP contribution in [0.5, 0.6) is 0 Å². The van der Waals surface area contributed by atoms with E-state index in [1.165, 1.54) is 0 Å². The van der Waals surface area contributed by atoms with Crippen molar-refractivity contribution in [2.45, 2.75) is 13.8 Å². The number of aromatic carboxylic acids is 1. The molecular formula is C15H14O2. The molecule has 0 aromatic heterocycles. The largest absolute Gasteiger partial charge is 0.478 e. The van der Waals surface area contributed by atoms with Crippen LogP contribution in [0.3, 0.4) is 0 Å². The highest BCUT2D eigenvalue weighted by Gasteiger charge is 2.10. The second-order valence-corrected chi connectivity index (χ2v) is 4.14. The Morgan fingerprint density at radius 3 is 2.29 bits per heavy atom. The number of rotatable bonds is 2. The average molecular weight is 226 g/mol. The molecular weight excluding hydrogens is 212 g/mol. The molecule has 2 aromatic carbocycles. The number of carboxylic acids is 1. The summed E-state index contributed by atoms with van der Waals surface area (Å²) in [5, 5.41) is 9.07. The van der Waals surface area contributed by atoms with Crippen LogP contribution < -0.4 is 0 Å². The van der Waals surface area contributed by atoms with E-state index in [1.807, 2.05) is 44.2 Å². The highest BCUT2D eigenvalue weighted by atomic mass is 16.4. The van der Waals surface area contributed by atoms with Crippen molar-refractivity contribution in [1.29, 1.82) is 0 Å². The van der Waals surface area contributed by atoms with E-state index < -0.39 is 5.97 Å². The molecule has 0 saturated carbocycles. The maximum Gasteiger partial charge on any atom is 0.335 e. The van der Waals surface area contributed by atoms with Crippen LogP contribution >= 0.6 is 0 Å². The fourth-order valence-corrected chi connectivity index (χ4v) is 1.90. The quantitative estimate of drug-likeness (QED) is 0.848. The maximum atomic E-state index is 11.0. The van der Waals surface area contributed by atoms with E-state index in [-0.39, 0.29) is 0 Å². The normalized spacial score (nSPS) is 10.2. The van der Waals surface area contributed by atoms with E-state index in [0.29, 0.717) is 5.56 Å². The Morgan fingerprint density at radius 1 is 1.06 bits per heavy atom. The molecule has 0 saturated heterocycles. The molecule has 0 fully saturated rings. The molecule has 0 atom stereocenters. The summed E-state index contributed by atoms with van der Waals surface area (Å²) in [5.41, 5.74) is 4.51. The number of carbonyl (C=O) groups is 1. The third-order valence-corrected chi connectivity index (χ3v) is 3.00. The van der Waals surface area contributed by atoms with Crippen LogP contribution in [0.4, 0.5) is 0 Å². The van der Waals surface area contributed by atoms with Crippen molar-refractivity contribution >= 4 is 5.97 Å². The highest BCUT2D eigenvalue weighted by Crippen LogP contribution is 2.27. The number of hydrogen-bond acceptors (Lipinski definition) is 1. The summed E-state index contributed by atoms with van der Waals surface area (Å²) in [6, 6.07) is 13.3. The Morgan fingerprint density at radius 2 is 1.71 bits per heavy atom. The van der Waals surface area contributed by atoms with Gasteiger partial charge >= 0.3 is 5.97 Å². The lowest BCUT2D eigenvalue weighted by atomic mass is 9.94. The zero-order valence-electron chi connectivity index (χ0n) is 9.90. The van der Waals surface area contributed by atoms with Gasteiger partial charge in [-0.3, -0.25) is 0 Å². The predicted molar refractivity (Wildman–Crippen MR) is 68.3 cm³/mol. The fraction of sp³-hybridized carbons (Fsp3) is 0.133. The number of aryl methyl sites for hydroxylation is 1. The Kier molecular flexibility index (Phi) is 2.96. The molecule has 2 heteroatoms. The summed E-state index contributed by atoms with van der Waals surface area (Å²) in [4.78, 5) is 11.0. The van der Waals surface area contributed by atoms with E-state index in [1.54, 1.807) is 12.1 Å². The van der Waals surface area contributed by atoms with Crippen molar-refractivity contribution < 1.29 is 9.90 Å². The van der Waals surface area contributed by atoms with E-state index in [0.717, 1.165) is 22.3 Å². The topological polar surface area (TPSA) is 37.3 Å². The van der Waals surface area contributed by atoms with E-state index in [4.69, 9.17) is 5.11 Å². The molecule has 0 aliphatic rings. The van der Waals surface area contributed by atoms with Gasteiger partial charge in [0.1, 0.15) is 0 Å². The second kappa shape index (κ2) is 4.42. The molecule has 17 heavy (non-hydrogen) atoms. The molecule has 0 spiro atoms. The van der Waals surface area contributed by atoms with Crippen molar-refractivity contribution in [2.75, 3.05) is 0 Å². The van der Waals surface area contributed by atoms with Crippen LogP contribution in [0.25, 0.3) is 11.1 Å². The van der Waals surface area contributed by atoms with Crippen LogP contribution in [0, 0.1) is 13.8 Å². The molecule has 0 bridgehead atoms. The fourth-order valence-electron chi connectivity index (χ4n) is 1.90. The zero-order chi connectivity index (χ0) is 12.4. The first-order chi connectivity index (χ1) is 8.09. The van der Waals surface area contributed by atoms with Gasteiger partial charge in [0.15, 0.2) is 0 Å². The monoisotopic (exact) mass is 226 g/mol. The Labute approximate surface area is 101 Å². The summed E-state index contributed by atoms with van der Waals surface area (Å²) in [7, 11) is 0. The van der Waals surface area contributed by atoms with Gasteiger partial charge in [-0.25, -0.2) is 4.79 Å². The maximum absolute atomic E-state index is 11.0. The summed E-state index contributed by atoms with van der Waals surface area (Å²) < 4.78 is 0. The van der Waals surface area contributed by atoms with E-state index in [2.05, 4.69) is 0 Å². The van der Waals surface area contributed by atoms with Crippen molar-refractivity contribution in [1.82, 2.24) is 0 Å². The molecule has 0 radical (unpaired) electrons. The predicted octanol–water partition coefficient (Wildman–Crippen LogP) is 3.67. The average Bonchev–Trinajstić information content (AvgIpc) is 2.33. The van der Waals surface area contributed by atoms with Gasteiger partial charge < -0.3 is 5.11 Å². The van der Waals surface area contributed by atoms with Crippen molar-refractivity contribution in [3.63, 3.8) is 0 Å². The van der Waals surface area contributed by atoms with Gasteiger partial charge in [-0.1, -0.05) is 30.3 Å². The van der Waals surface area contributed by atoms with Crippen molar-refractivity contribution in [3.8, 4) is 11.1 Å². The summed E-state index contributed by atoms with van der Waals surface area (Å²) in [5.74, 6) is -0.884. The van der Waals surface area contributed by atoms with E-state index >= 15 is 0 Å². The van der Waals surface area contributed by atoms with Gasteiger partial charge in [0, 0.05) is 0 Å². The molecule has 2 aromatic rings. The second-order valence-electron chi connectivity index (χ2n) is 4.14. The zero-order valence-corrected chi connectivity index (χ0v) is 9.90. The minimum Gasteiger partial charge on any atom is -0.478 e. The van der Waals surface area contributed by atoms with Gasteiger partial charge in [0.2, 0.25) is 0 Å². The number of hydrogen-bond donors (Lipinski definition) is 1. The summed E-state index contributed by atoms with van der Waals surface area (Å²) >= 11 is 0. The number of benzene rings is 2. The van der Waals surface area contributed by atoms with Crippen molar-refractivity contribution in [2.24, 2.45) is 0 Å². The Bertz CT molecular complexity index is 557. The summed E-state index contributed by atoms with van der Waals surface area (Å²) in [6.07, 6.45) is 0. The van der Waals surface area contributed by atoms with Crippen LogP contribution in [-0.4, -0.2) is 11.1 Å². The minimum atomic E-state index is -0.884. The lowest BCUT2D eigenvalue weighted by molar-refractivity contribution is 0.0697. The number of carboxylic acid groups (broad SMARTS) is 1. The first-order valence-corrected chi connectivity index (χ1v) is 5.49. The SMILES string of the molecule is Cc1cc(C(=O)O)cc(-c2ccccc2)c1C. The molecule has 2 nitrogen and oxygen atoms in total. The summed E-state index contributed by atoms with van der Waals surface area (Å²) in [6.45, 7) is 3.96. The molecule has 2 rings (SSSR count). The lowest BCUT2D eigenvalue weighted by Crippen LogP contribution is -1.99. The molecule has 0 aliphatic carbocycles.